The van der Waals surface area contributed by atoms with Crippen molar-refractivity contribution in [2.45, 2.75) is 18.1 Å². The van der Waals surface area contributed by atoms with Crippen molar-refractivity contribution in [2.75, 3.05) is 6.54 Å². The fourth-order valence-electron chi connectivity index (χ4n) is 1.65. The first-order valence-corrected chi connectivity index (χ1v) is 7.47. The highest BCUT2D eigenvalue weighted by molar-refractivity contribution is 7.89. The van der Waals surface area contributed by atoms with E-state index >= 15 is 0 Å². The summed E-state index contributed by atoms with van der Waals surface area (Å²) in [5, 5.41) is 17.8. The highest BCUT2D eigenvalue weighted by Crippen LogP contribution is 2.14. The zero-order valence-electron chi connectivity index (χ0n) is 10.6. The molecule has 20 heavy (non-hydrogen) atoms. The van der Waals surface area contributed by atoms with Gasteiger partial charge in [-0.1, -0.05) is 12.1 Å². The van der Waals surface area contributed by atoms with Gasteiger partial charge in [-0.3, -0.25) is 0 Å². The molecular weight excluding hydrogens is 282 g/mol. The number of sulfonamides is 1. The van der Waals surface area contributed by atoms with Crippen molar-refractivity contribution < 1.29 is 23.0 Å². The second-order valence-electron chi connectivity index (χ2n) is 4.19. The quantitative estimate of drug-likeness (QED) is 0.738. The monoisotopic (exact) mass is 297 g/mol. The van der Waals surface area contributed by atoms with Gasteiger partial charge >= 0.3 is 0 Å². The van der Waals surface area contributed by atoms with Gasteiger partial charge < -0.3 is 14.6 Å². The summed E-state index contributed by atoms with van der Waals surface area (Å²) in [4.78, 5) is 0. The second-order valence-corrected chi connectivity index (χ2v) is 5.89. The van der Waals surface area contributed by atoms with E-state index < -0.39 is 10.0 Å². The molecule has 0 spiro atoms. The third-order valence-electron chi connectivity index (χ3n) is 2.70. The SMILES string of the molecule is O=S(=O)(NCCc1ccc(O)cc1)c1ccc(CO)o1. The van der Waals surface area contributed by atoms with Gasteiger partial charge in [-0.25, -0.2) is 13.1 Å². The van der Waals surface area contributed by atoms with Crippen LogP contribution in [0.15, 0.2) is 45.9 Å². The van der Waals surface area contributed by atoms with Gasteiger partial charge in [-0.15, -0.1) is 0 Å². The van der Waals surface area contributed by atoms with Crippen molar-refractivity contribution in [2.24, 2.45) is 0 Å². The fraction of sp³-hybridized carbons (Fsp3) is 0.231. The zero-order valence-corrected chi connectivity index (χ0v) is 11.4. The van der Waals surface area contributed by atoms with Gasteiger partial charge in [0.2, 0.25) is 5.09 Å². The first kappa shape index (κ1) is 14.6. The molecule has 0 saturated heterocycles. The highest BCUT2D eigenvalue weighted by Gasteiger charge is 2.17. The van der Waals surface area contributed by atoms with E-state index in [-0.39, 0.29) is 29.8 Å². The lowest BCUT2D eigenvalue weighted by atomic mass is 10.1. The molecule has 2 rings (SSSR count). The largest absolute Gasteiger partial charge is 0.508 e. The Morgan fingerprint density at radius 2 is 1.80 bits per heavy atom. The summed E-state index contributed by atoms with van der Waals surface area (Å²) in [5.41, 5.74) is 0.904. The molecule has 0 unspecified atom stereocenters. The van der Waals surface area contributed by atoms with Crippen LogP contribution in [0.3, 0.4) is 0 Å². The molecule has 1 aromatic carbocycles. The Morgan fingerprint density at radius 3 is 2.40 bits per heavy atom. The van der Waals surface area contributed by atoms with Crippen LogP contribution in [0.4, 0.5) is 0 Å². The molecule has 0 saturated carbocycles. The minimum atomic E-state index is -3.71. The van der Waals surface area contributed by atoms with E-state index in [1.165, 1.54) is 12.1 Å². The van der Waals surface area contributed by atoms with Crippen LogP contribution >= 0.6 is 0 Å². The van der Waals surface area contributed by atoms with Crippen LogP contribution in [0, 0.1) is 0 Å². The van der Waals surface area contributed by atoms with E-state index in [1.807, 2.05) is 0 Å². The lowest BCUT2D eigenvalue weighted by Gasteiger charge is -2.04. The molecule has 2 aromatic rings. The van der Waals surface area contributed by atoms with E-state index in [2.05, 4.69) is 4.72 Å². The smallest absolute Gasteiger partial charge is 0.273 e. The average molecular weight is 297 g/mol. The van der Waals surface area contributed by atoms with Crippen LogP contribution in [-0.4, -0.2) is 25.2 Å². The summed E-state index contributed by atoms with van der Waals surface area (Å²) >= 11 is 0. The molecular formula is C13H15NO5S. The molecule has 0 aliphatic carbocycles. The Kier molecular flexibility index (Phi) is 4.43. The standard InChI is InChI=1S/C13H15NO5S/c15-9-12-5-6-13(19-12)20(17,18)14-8-7-10-1-3-11(16)4-2-10/h1-6,14-16H,7-9H2. The third-order valence-corrected chi connectivity index (χ3v) is 4.03. The summed E-state index contributed by atoms with van der Waals surface area (Å²) in [6.45, 7) is -0.134. The molecule has 1 heterocycles. The van der Waals surface area contributed by atoms with Crippen LogP contribution < -0.4 is 4.72 Å². The zero-order chi connectivity index (χ0) is 14.6. The maximum atomic E-state index is 11.9. The van der Waals surface area contributed by atoms with Crippen LogP contribution in [-0.2, 0) is 23.1 Å². The van der Waals surface area contributed by atoms with Gasteiger partial charge in [0.05, 0.1) is 0 Å². The Bertz CT molecular complexity index is 660. The topological polar surface area (TPSA) is 99.8 Å². The molecule has 108 valence electrons. The lowest BCUT2D eigenvalue weighted by molar-refractivity contribution is 0.236. The molecule has 3 N–H and O–H groups in total. The number of phenolic OH excluding ortho intramolecular Hbond substituents is 1. The maximum absolute atomic E-state index is 11.9. The Labute approximate surface area is 116 Å². The number of aromatic hydroxyl groups is 1. The Balaban J connectivity index is 1.94. The molecule has 0 bridgehead atoms. The van der Waals surface area contributed by atoms with Gasteiger partial charge in [0, 0.05) is 6.54 Å². The number of aliphatic hydroxyl groups excluding tert-OH is 1. The van der Waals surface area contributed by atoms with Gasteiger partial charge in [-0.2, -0.15) is 0 Å². The third kappa shape index (κ3) is 3.60. The number of nitrogens with one attached hydrogen (secondary N) is 1. The summed E-state index contributed by atoms with van der Waals surface area (Å²) < 4.78 is 31.2. The van der Waals surface area contributed by atoms with Crippen molar-refractivity contribution in [1.29, 1.82) is 0 Å². The van der Waals surface area contributed by atoms with E-state index in [9.17, 15) is 8.42 Å². The van der Waals surface area contributed by atoms with Crippen molar-refractivity contribution in [3.8, 4) is 5.75 Å². The number of phenols is 1. The first-order valence-electron chi connectivity index (χ1n) is 5.98. The summed E-state index contributed by atoms with van der Waals surface area (Å²) in [5.74, 6) is 0.366. The number of furan rings is 1. The number of rotatable bonds is 6. The van der Waals surface area contributed by atoms with Crippen LogP contribution in [0.25, 0.3) is 0 Å². The maximum Gasteiger partial charge on any atom is 0.273 e. The molecule has 0 amide bonds. The Hall–Kier alpha value is -1.83. The van der Waals surface area contributed by atoms with Gasteiger partial charge in [0.25, 0.3) is 10.0 Å². The van der Waals surface area contributed by atoms with Gasteiger partial charge in [0.1, 0.15) is 18.1 Å². The molecule has 0 radical (unpaired) electrons. The number of aliphatic hydroxyl groups is 1. The Morgan fingerprint density at radius 1 is 1.10 bits per heavy atom. The normalized spacial score (nSPS) is 11.7. The summed E-state index contributed by atoms with van der Waals surface area (Å²) in [6, 6.07) is 9.25. The lowest BCUT2D eigenvalue weighted by Crippen LogP contribution is -2.25. The number of benzene rings is 1. The number of hydrogen-bond donors (Lipinski definition) is 3. The van der Waals surface area contributed by atoms with E-state index in [0.29, 0.717) is 6.42 Å². The van der Waals surface area contributed by atoms with Crippen molar-refractivity contribution in [3.05, 3.63) is 47.7 Å². The average Bonchev–Trinajstić information content (AvgIpc) is 2.90. The first-order chi connectivity index (χ1) is 9.51. The predicted molar refractivity (Wildman–Crippen MR) is 71.6 cm³/mol. The fourth-order valence-corrected chi connectivity index (χ4v) is 2.63. The minimum Gasteiger partial charge on any atom is -0.508 e. The molecule has 6 nitrogen and oxygen atoms in total. The van der Waals surface area contributed by atoms with Crippen molar-refractivity contribution in [1.82, 2.24) is 4.72 Å². The molecule has 0 aliphatic rings. The van der Waals surface area contributed by atoms with E-state index in [0.717, 1.165) is 5.56 Å². The molecule has 0 atom stereocenters. The minimum absolute atomic E-state index is 0.168. The molecule has 0 aliphatic heterocycles. The van der Waals surface area contributed by atoms with Crippen LogP contribution in [0.2, 0.25) is 0 Å². The molecule has 1 aromatic heterocycles. The van der Waals surface area contributed by atoms with Crippen molar-refractivity contribution in [3.63, 3.8) is 0 Å². The second kappa shape index (κ2) is 6.08. The predicted octanol–water partition coefficient (Wildman–Crippen LogP) is 0.998. The molecule has 7 heteroatoms. The summed E-state index contributed by atoms with van der Waals surface area (Å²) in [6.07, 6.45) is 0.493. The van der Waals surface area contributed by atoms with E-state index in [4.69, 9.17) is 14.6 Å². The van der Waals surface area contributed by atoms with Crippen molar-refractivity contribution >= 4 is 10.0 Å². The van der Waals surface area contributed by atoms with Crippen LogP contribution in [0.5, 0.6) is 5.75 Å². The van der Waals surface area contributed by atoms with Gasteiger partial charge in [0.15, 0.2) is 0 Å². The van der Waals surface area contributed by atoms with E-state index in [1.54, 1.807) is 24.3 Å². The van der Waals surface area contributed by atoms with Gasteiger partial charge in [-0.05, 0) is 36.2 Å². The molecule has 0 fully saturated rings. The summed E-state index contributed by atoms with van der Waals surface area (Å²) in [7, 11) is -3.71. The van der Waals surface area contributed by atoms with Crippen LogP contribution in [0.1, 0.15) is 11.3 Å². The number of hydrogen-bond acceptors (Lipinski definition) is 5. The highest BCUT2D eigenvalue weighted by atomic mass is 32.2.